The minimum absolute atomic E-state index is 0.272. The van der Waals surface area contributed by atoms with E-state index in [4.69, 9.17) is 10.5 Å². The molecule has 0 spiro atoms. The second kappa shape index (κ2) is 6.57. The van der Waals surface area contributed by atoms with Gasteiger partial charge in [-0.25, -0.2) is 8.42 Å². The zero-order valence-electron chi connectivity index (χ0n) is 10.0. The van der Waals surface area contributed by atoms with Crippen molar-refractivity contribution in [2.75, 3.05) is 18.9 Å². The Bertz CT molecular complexity index is 284. The molecule has 2 atom stereocenters. The van der Waals surface area contributed by atoms with E-state index in [1.807, 2.05) is 0 Å². The number of hydrogen-bond donors (Lipinski definition) is 1. The van der Waals surface area contributed by atoms with E-state index in [9.17, 15) is 8.42 Å². The first-order chi connectivity index (χ1) is 7.56. The molecule has 1 aliphatic heterocycles. The summed E-state index contributed by atoms with van der Waals surface area (Å²) in [4.78, 5) is 0. The van der Waals surface area contributed by atoms with Gasteiger partial charge in [-0.3, -0.25) is 0 Å². The number of rotatable bonds is 7. The van der Waals surface area contributed by atoms with Crippen LogP contribution in [0.25, 0.3) is 0 Å². The molecule has 1 fully saturated rings. The molecule has 16 heavy (non-hydrogen) atoms. The van der Waals surface area contributed by atoms with Crippen LogP contribution in [0.4, 0.5) is 0 Å². The van der Waals surface area contributed by atoms with Gasteiger partial charge in [0.2, 0.25) is 0 Å². The molecule has 0 amide bonds. The van der Waals surface area contributed by atoms with Crippen molar-refractivity contribution in [2.45, 2.75) is 50.4 Å². The highest BCUT2D eigenvalue weighted by Gasteiger charge is 2.21. The smallest absolute Gasteiger partial charge is 0.152 e. The minimum atomic E-state index is -2.95. The van der Waals surface area contributed by atoms with Crippen LogP contribution in [0.1, 0.15) is 39.0 Å². The standard InChI is InChI=1S/C11H23NO3S/c1-10(6-7-12)16(13,14)9-3-5-11-4-2-8-15-11/h10-11H,2-9,12H2,1H3. The van der Waals surface area contributed by atoms with E-state index in [0.29, 0.717) is 25.5 Å². The Morgan fingerprint density at radius 1 is 1.50 bits per heavy atom. The summed E-state index contributed by atoms with van der Waals surface area (Å²) in [6.45, 7) is 3.02. The highest BCUT2D eigenvalue weighted by Crippen LogP contribution is 2.18. The van der Waals surface area contributed by atoms with Gasteiger partial charge in [0.25, 0.3) is 0 Å². The van der Waals surface area contributed by atoms with Crippen LogP contribution in [-0.2, 0) is 14.6 Å². The lowest BCUT2D eigenvalue weighted by molar-refractivity contribution is 0.104. The first-order valence-electron chi connectivity index (χ1n) is 6.09. The van der Waals surface area contributed by atoms with Crippen molar-refractivity contribution in [1.29, 1.82) is 0 Å². The summed E-state index contributed by atoms with van der Waals surface area (Å²) in [6, 6.07) is 0. The van der Waals surface area contributed by atoms with Crippen molar-refractivity contribution < 1.29 is 13.2 Å². The number of sulfone groups is 1. The lowest BCUT2D eigenvalue weighted by Gasteiger charge is -2.13. The Morgan fingerprint density at radius 2 is 2.25 bits per heavy atom. The summed E-state index contributed by atoms with van der Waals surface area (Å²) >= 11 is 0. The zero-order valence-corrected chi connectivity index (χ0v) is 10.8. The molecule has 0 aromatic heterocycles. The summed E-state index contributed by atoms with van der Waals surface area (Å²) < 4.78 is 29.1. The predicted octanol–water partition coefficient (Wildman–Crippen LogP) is 1.10. The summed E-state index contributed by atoms with van der Waals surface area (Å²) in [7, 11) is -2.95. The van der Waals surface area contributed by atoms with Crippen LogP contribution in [0.3, 0.4) is 0 Å². The van der Waals surface area contributed by atoms with Crippen LogP contribution in [0.2, 0.25) is 0 Å². The van der Waals surface area contributed by atoms with Crippen molar-refractivity contribution in [1.82, 2.24) is 0 Å². The average molecular weight is 249 g/mol. The maximum atomic E-state index is 11.8. The van der Waals surface area contributed by atoms with Crippen LogP contribution in [-0.4, -0.2) is 38.7 Å². The van der Waals surface area contributed by atoms with Crippen molar-refractivity contribution >= 4 is 9.84 Å². The van der Waals surface area contributed by atoms with Crippen LogP contribution < -0.4 is 5.73 Å². The zero-order chi connectivity index (χ0) is 12.0. The molecular weight excluding hydrogens is 226 g/mol. The third-order valence-electron chi connectivity index (χ3n) is 3.17. The fourth-order valence-electron chi connectivity index (χ4n) is 2.00. The van der Waals surface area contributed by atoms with E-state index >= 15 is 0 Å². The second-order valence-corrected chi connectivity index (χ2v) is 7.07. The highest BCUT2D eigenvalue weighted by atomic mass is 32.2. The van der Waals surface area contributed by atoms with Gasteiger partial charge in [-0.1, -0.05) is 0 Å². The van der Waals surface area contributed by atoms with E-state index in [-0.39, 0.29) is 11.0 Å². The Kier molecular flexibility index (Phi) is 5.72. The molecule has 0 aromatic carbocycles. The summed E-state index contributed by atoms with van der Waals surface area (Å²) in [5.74, 6) is 0.272. The molecule has 1 heterocycles. The molecule has 96 valence electrons. The monoisotopic (exact) mass is 249 g/mol. The van der Waals surface area contributed by atoms with Crippen LogP contribution >= 0.6 is 0 Å². The predicted molar refractivity (Wildman–Crippen MR) is 65.1 cm³/mol. The number of nitrogens with two attached hydrogens (primary N) is 1. The Balaban J connectivity index is 2.24. The third kappa shape index (κ3) is 4.39. The SMILES string of the molecule is CC(CCN)S(=O)(=O)CCCC1CCCO1. The molecule has 1 rings (SSSR count). The van der Waals surface area contributed by atoms with Crippen molar-refractivity contribution in [3.8, 4) is 0 Å². The quantitative estimate of drug-likeness (QED) is 0.733. The minimum Gasteiger partial charge on any atom is -0.378 e. The van der Waals surface area contributed by atoms with Crippen molar-refractivity contribution in [3.05, 3.63) is 0 Å². The molecule has 0 radical (unpaired) electrons. The maximum absolute atomic E-state index is 11.8. The third-order valence-corrected chi connectivity index (χ3v) is 5.48. The topological polar surface area (TPSA) is 69.4 Å². The Morgan fingerprint density at radius 3 is 2.81 bits per heavy atom. The van der Waals surface area contributed by atoms with E-state index < -0.39 is 9.84 Å². The first-order valence-corrected chi connectivity index (χ1v) is 7.81. The van der Waals surface area contributed by atoms with Gasteiger partial charge in [0.1, 0.15) is 0 Å². The molecule has 2 N–H and O–H groups in total. The lowest BCUT2D eigenvalue weighted by atomic mass is 10.1. The average Bonchev–Trinajstić information content (AvgIpc) is 2.70. The molecule has 5 heteroatoms. The molecule has 0 aliphatic carbocycles. The fraction of sp³-hybridized carbons (Fsp3) is 1.00. The molecular formula is C11H23NO3S. The van der Waals surface area contributed by atoms with Crippen LogP contribution in [0, 0.1) is 0 Å². The normalized spacial score (nSPS) is 23.5. The molecule has 0 bridgehead atoms. The van der Waals surface area contributed by atoms with Gasteiger partial charge in [-0.2, -0.15) is 0 Å². The summed E-state index contributed by atoms with van der Waals surface area (Å²) in [5, 5.41) is -0.304. The van der Waals surface area contributed by atoms with E-state index in [1.165, 1.54) is 0 Å². The number of hydrogen-bond acceptors (Lipinski definition) is 4. The highest BCUT2D eigenvalue weighted by molar-refractivity contribution is 7.91. The van der Waals surface area contributed by atoms with Gasteiger partial charge in [0.05, 0.1) is 17.1 Å². The van der Waals surface area contributed by atoms with Gasteiger partial charge in [-0.05, 0) is 45.6 Å². The van der Waals surface area contributed by atoms with Gasteiger partial charge in [-0.15, -0.1) is 0 Å². The second-order valence-electron chi connectivity index (χ2n) is 4.53. The Labute approximate surface area is 98.5 Å². The van der Waals surface area contributed by atoms with Crippen LogP contribution in [0.15, 0.2) is 0 Å². The molecule has 1 aliphatic rings. The van der Waals surface area contributed by atoms with Gasteiger partial charge in [0.15, 0.2) is 9.84 Å². The molecule has 0 aromatic rings. The molecule has 0 saturated carbocycles. The van der Waals surface area contributed by atoms with Gasteiger partial charge in [0, 0.05) is 6.61 Å². The molecule has 1 saturated heterocycles. The lowest BCUT2D eigenvalue weighted by Crippen LogP contribution is -2.24. The number of ether oxygens (including phenoxy) is 1. The Hall–Kier alpha value is -0.130. The molecule has 4 nitrogen and oxygen atoms in total. The van der Waals surface area contributed by atoms with Crippen molar-refractivity contribution in [3.63, 3.8) is 0 Å². The van der Waals surface area contributed by atoms with Gasteiger partial charge < -0.3 is 10.5 Å². The molecule has 2 unspecified atom stereocenters. The summed E-state index contributed by atoms with van der Waals surface area (Å²) in [6.07, 6.45) is 4.62. The van der Waals surface area contributed by atoms with E-state index in [2.05, 4.69) is 0 Å². The van der Waals surface area contributed by atoms with Crippen LogP contribution in [0.5, 0.6) is 0 Å². The first kappa shape index (κ1) is 13.9. The van der Waals surface area contributed by atoms with E-state index in [0.717, 1.165) is 25.9 Å². The largest absolute Gasteiger partial charge is 0.378 e. The fourth-order valence-corrected chi connectivity index (χ4v) is 3.47. The maximum Gasteiger partial charge on any atom is 0.152 e. The van der Waals surface area contributed by atoms with Crippen molar-refractivity contribution in [2.24, 2.45) is 5.73 Å². The van der Waals surface area contributed by atoms with E-state index in [1.54, 1.807) is 6.92 Å². The summed E-state index contributed by atoms with van der Waals surface area (Å²) in [5.41, 5.74) is 5.37. The van der Waals surface area contributed by atoms with Gasteiger partial charge >= 0.3 is 0 Å².